The molecule has 0 N–H and O–H groups in total. The van der Waals surface area contributed by atoms with Crippen molar-refractivity contribution in [2.75, 3.05) is 6.61 Å². The van der Waals surface area contributed by atoms with Crippen LogP contribution in [0.3, 0.4) is 0 Å². The number of ether oxygens (including phenoxy) is 1. The molecule has 4 nitrogen and oxygen atoms in total. The van der Waals surface area contributed by atoms with Crippen LogP contribution >= 0.6 is 22.6 Å². The van der Waals surface area contributed by atoms with E-state index in [9.17, 15) is 9.18 Å². The number of hydrogen-bond donors (Lipinski definition) is 0. The number of aryl methyl sites for hydroxylation is 1. The average molecular weight is 375 g/mol. The summed E-state index contributed by atoms with van der Waals surface area (Å²) in [6, 6.07) is 4.26. The van der Waals surface area contributed by atoms with Gasteiger partial charge in [-0.1, -0.05) is 0 Å². The van der Waals surface area contributed by atoms with Crippen molar-refractivity contribution in [1.82, 2.24) is 4.98 Å². The molecule has 0 bridgehead atoms. The summed E-state index contributed by atoms with van der Waals surface area (Å²) in [6.45, 7) is 3.64. The molecule has 0 aliphatic carbocycles. The first-order chi connectivity index (χ1) is 9.02. The molecule has 19 heavy (non-hydrogen) atoms. The van der Waals surface area contributed by atoms with Gasteiger partial charge in [-0.05, 0) is 54.6 Å². The molecule has 2 aromatic rings. The van der Waals surface area contributed by atoms with Gasteiger partial charge in [-0.3, -0.25) is 0 Å². The smallest absolute Gasteiger partial charge is 0.376 e. The summed E-state index contributed by atoms with van der Waals surface area (Å²) < 4.78 is 24.0. The number of carbonyl (C=O) groups excluding carboxylic acids is 1. The van der Waals surface area contributed by atoms with Crippen LogP contribution in [0.1, 0.15) is 23.2 Å². The summed E-state index contributed by atoms with van der Waals surface area (Å²) >= 11 is 1.99. The minimum Gasteiger partial charge on any atom is -0.460 e. The normalized spacial score (nSPS) is 10.5. The van der Waals surface area contributed by atoms with E-state index >= 15 is 0 Å². The number of esters is 1. The van der Waals surface area contributed by atoms with E-state index in [1.54, 1.807) is 19.9 Å². The van der Waals surface area contributed by atoms with Gasteiger partial charge in [0.2, 0.25) is 11.7 Å². The Morgan fingerprint density at radius 3 is 2.89 bits per heavy atom. The van der Waals surface area contributed by atoms with E-state index in [-0.39, 0.29) is 24.1 Å². The van der Waals surface area contributed by atoms with Gasteiger partial charge in [0.25, 0.3) is 0 Å². The van der Waals surface area contributed by atoms with Crippen molar-refractivity contribution in [2.45, 2.75) is 13.8 Å². The quantitative estimate of drug-likeness (QED) is 0.608. The summed E-state index contributed by atoms with van der Waals surface area (Å²) in [5.74, 6) is -0.514. The molecular weight excluding hydrogens is 364 g/mol. The Bertz CT molecular complexity index is 624. The van der Waals surface area contributed by atoms with Crippen LogP contribution in [0.2, 0.25) is 0 Å². The summed E-state index contributed by atoms with van der Waals surface area (Å²) in [5.41, 5.74) is 1.09. The second-order valence-corrected chi connectivity index (χ2v) is 4.94. The summed E-state index contributed by atoms with van der Waals surface area (Å²) in [7, 11) is 0. The number of nitrogens with zero attached hydrogens (tertiary/aromatic N) is 1. The third-order valence-corrected chi connectivity index (χ3v) is 3.31. The minimum atomic E-state index is -0.545. The standard InChI is InChI=1S/C13H11FINO3/c1-3-18-13(17)11-7(2)16-12(19-11)9-5-4-8(14)6-10(9)15/h4-6H,3H2,1-2H3. The fourth-order valence-electron chi connectivity index (χ4n) is 1.56. The van der Waals surface area contributed by atoms with Crippen LogP contribution in [0.5, 0.6) is 0 Å². The lowest BCUT2D eigenvalue weighted by molar-refractivity contribution is 0.0490. The highest BCUT2D eigenvalue weighted by Crippen LogP contribution is 2.27. The maximum absolute atomic E-state index is 13.0. The molecule has 0 atom stereocenters. The predicted molar refractivity (Wildman–Crippen MR) is 75.3 cm³/mol. The zero-order valence-electron chi connectivity index (χ0n) is 10.4. The lowest BCUT2D eigenvalue weighted by atomic mass is 10.2. The maximum atomic E-state index is 13.0. The third-order valence-electron chi connectivity index (χ3n) is 2.42. The molecule has 1 aromatic heterocycles. The highest BCUT2D eigenvalue weighted by atomic mass is 127. The molecule has 0 aliphatic rings. The van der Waals surface area contributed by atoms with Gasteiger partial charge in [-0.15, -0.1) is 0 Å². The number of oxazole rings is 1. The predicted octanol–water partition coefficient (Wildman–Crippen LogP) is 3.57. The SMILES string of the molecule is CCOC(=O)c1oc(-c2ccc(F)cc2I)nc1C. The zero-order chi connectivity index (χ0) is 14.0. The monoisotopic (exact) mass is 375 g/mol. The topological polar surface area (TPSA) is 52.3 Å². The Kier molecular flexibility index (Phi) is 4.18. The molecule has 0 amide bonds. The molecule has 0 radical (unpaired) electrons. The third kappa shape index (κ3) is 2.94. The maximum Gasteiger partial charge on any atom is 0.376 e. The van der Waals surface area contributed by atoms with E-state index in [1.165, 1.54) is 12.1 Å². The second-order valence-electron chi connectivity index (χ2n) is 3.78. The molecule has 0 aliphatic heterocycles. The number of carbonyl (C=O) groups is 1. The van der Waals surface area contributed by atoms with Gasteiger partial charge in [-0.2, -0.15) is 0 Å². The molecule has 1 heterocycles. The second kappa shape index (κ2) is 5.68. The van der Waals surface area contributed by atoms with Gasteiger partial charge in [-0.25, -0.2) is 14.2 Å². The van der Waals surface area contributed by atoms with Crippen molar-refractivity contribution < 1.29 is 18.3 Å². The summed E-state index contributed by atoms with van der Waals surface area (Å²) in [4.78, 5) is 15.8. The molecular formula is C13H11FINO3. The van der Waals surface area contributed by atoms with Crippen LogP contribution in [0, 0.1) is 16.3 Å². The molecule has 100 valence electrons. The van der Waals surface area contributed by atoms with E-state index in [1.807, 2.05) is 22.6 Å². The number of benzene rings is 1. The van der Waals surface area contributed by atoms with Crippen molar-refractivity contribution >= 4 is 28.6 Å². The van der Waals surface area contributed by atoms with E-state index in [4.69, 9.17) is 9.15 Å². The van der Waals surface area contributed by atoms with Gasteiger partial charge in [0.15, 0.2) is 0 Å². The van der Waals surface area contributed by atoms with Gasteiger partial charge < -0.3 is 9.15 Å². The fourth-order valence-corrected chi connectivity index (χ4v) is 2.27. The molecule has 0 spiro atoms. The van der Waals surface area contributed by atoms with Crippen LogP contribution in [0.25, 0.3) is 11.5 Å². The average Bonchev–Trinajstić information content (AvgIpc) is 2.71. The fraction of sp³-hybridized carbons (Fsp3) is 0.231. The lowest BCUT2D eigenvalue weighted by Crippen LogP contribution is -2.04. The number of hydrogen-bond acceptors (Lipinski definition) is 4. The van der Waals surface area contributed by atoms with Crippen molar-refractivity contribution in [3.8, 4) is 11.5 Å². The van der Waals surface area contributed by atoms with Crippen LogP contribution in [0.4, 0.5) is 4.39 Å². The molecule has 6 heteroatoms. The minimum absolute atomic E-state index is 0.0805. The largest absolute Gasteiger partial charge is 0.460 e. The number of rotatable bonds is 3. The molecule has 0 saturated heterocycles. The Morgan fingerprint density at radius 1 is 1.53 bits per heavy atom. The van der Waals surface area contributed by atoms with Crippen molar-refractivity contribution in [1.29, 1.82) is 0 Å². The van der Waals surface area contributed by atoms with Gasteiger partial charge >= 0.3 is 5.97 Å². The van der Waals surface area contributed by atoms with Crippen LogP contribution in [-0.2, 0) is 4.74 Å². The lowest BCUT2D eigenvalue weighted by Gasteiger charge is -2.00. The van der Waals surface area contributed by atoms with Gasteiger partial charge in [0, 0.05) is 3.57 Å². The molecule has 0 fully saturated rings. The van der Waals surface area contributed by atoms with E-state index in [2.05, 4.69) is 4.98 Å². The highest BCUT2D eigenvalue weighted by molar-refractivity contribution is 14.1. The molecule has 1 aromatic carbocycles. The van der Waals surface area contributed by atoms with Gasteiger partial charge in [0.1, 0.15) is 5.82 Å². The van der Waals surface area contributed by atoms with Crippen LogP contribution in [-0.4, -0.2) is 17.6 Å². The van der Waals surface area contributed by atoms with Crippen molar-refractivity contribution in [3.63, 3.8) is 0 Å². The van der Waals surface area contributed by atoms with Gasteiger partial charge in [0.05, 0.1) is 17.9 Å². The number of aromatic nitrogens is 1. The van der Waals surface area contributed by atoms with E-state index in [0.717, 1.165) is 0 Å². The first-order valence-corrected chi connectivity index (χ1v) is 6.70. The summed E-state index contributed by atoms with van der Waals surface area (Å²) in [5, 5.41) is 0. The Labute approximate surface area is 123 Å². The Balaban J connectivity index is 2.42. The highest BCUT2D eigenvalue weighted by Gasteiger charge is 2.20. The molecule has 2 rings (SSSR count). The first kappa shape index (κ1) is 14.0. The van der Waals surface area contributed by atoms with E-state index < -0.39 is 5.97 Å². The summed E-state index contributed by atoms with van der Waals surface area (Å²) in [6.07, 6.45) is 0. The Morgan fingerprint density at radius 2 is 2.26 bits per heavy atom. The van der Waals surface area contributed by atoms with Crippen molar-refractivity contribution in [3.05, 3.63) is 39.0 Å². The Hall–Kier alpha value is -1.44. The zero-order valence-corrected chi connectivity index (χ0v) is 12.5. The number of halogens is 2. The first-order valence-electron chi connectivity index (χ1n) is 5.63. The van der Waals surface area contributed by atoms with Crippen molar-refractivity contribution in [2.24, 2.45) is 0 Å². The molecule has 0 unspecified atom stereocenters. The van der Waals surface area contributed by atoms with E-state index in [0.29, 0.717) is 14.8 Å². The van der Waals surface area contributed by atoms with Crippen LogP contribution < -0.4 is 0 Å². The molecule has 0 saturated carbocycles. The van der Waals surface area contributed by atoms with Crippen LogP contribution in [0.15, 0.2) is 22.6 Å².